The topological polar surface area (TPSA) is 165 Å². The van der Waals surface area contributed by atoms with Crippen LogP contribution in [0.25, 0.3) is 0 Å². The van der Waals surface area contributed by atoms with Crippen molar-refractivity contribution in [3.8, 4) is 11.5 Å². The van der Waals surface area contributed by atoms with Crippen molar-refractivity contribution in [3.63, 3.8) is 0 Å². The van der Waals surface area contributed by atoms with E-state index in [0.29, 0.717) is 5.56 Å². The van der Waals surface area contributed by atoms with Crippen molar-refractivity contribution in [1.82, 2.24) is 4.31 Å². The molecule has 0 saturated carbocycles. The summed E-state index contributed by atoms with van der Waals surface area (Å²) in [6.07, 6.45) is 1.06. The van der Waals surface area contributed by atoms with E-state index in [1.165, 1.54) is 67.8 Å². The van der Waals surface area contributed by atoms with Gasteiger partial charge in [-0.2, -0.15) is 4.31 Å². The van der Waals surface area contributed by atoms with Crippen LogP contribution >= 0.6 is 0 Å². The fourth-order valence-electron chi connectivity index (χ4n) is 3.55. The molecule has 0 unspecified atom stereocenters. The number of hydrogen-bond donors (Lipinski definition) is 2. The second-order valence-electron chi connectivity index (χ2n) is 8.16. The lowest BCUT2D eigenvalue weighted by molar-refractivity contribution is -0.139. The Morgan fingerprint density at radius 2 is 1.45 bits per heavy atom. The summed E-state index contributed by atoms with van der Waals surface area (Å²) < 4.78 is 62.5. The summed E-state index contributed by atoms with van der Waals surface area (Å²) >= 11 is 0. The molecule has 0 amide bonds. The molecule has 0 bridgehead atoms. The van der Waals surface area contributed by atoms with E-state index < -0.39 is 38.4 Å². The lowest BCUT2D eigenvalue weighted by Crippen LogP contribution is -2.30. The molecule has 38 heavy (non-hydrogen) atoms. The summed E-state index contributed by atoms with van der Waals surface area (Å²) in [4.78, 5) is 22.6. The van der Waals surface area contributed by atoms with E-state index in [9.17, 15) is 31.5 Å². The lowest BCUT2D eigenvalue weighted by atomic mass is 10.1. The molecule has 11 nitrogen and oxygen atoms in total. The van der Waals surface area contributed by atoms with Crippen molar-refractivity contribution in [2.45, 2.75) is 22.9 Å². The van der Waals surface area contributed by atoms with E-state index in [-0.39, 0.29) is 45.5 Å². The zero-order valence-electron chi connectivity index (χ0n) is 20.4. The molecule has 0 aliphatic rings. The molecule has 3 rings (SSSR count). The third kappa shape index (κ3) is 6.88. The largest absolute Gasteiger partial charge is 0.495 e. The van der Waals surface area contributed by atoms with Gasteiger partial charge in [0.2, 0.25) is 10.0 Å². The predicted octanol–water partition coefficient (Wildman–Crippen LogP) is 2.65. The van der Waals surface area contributed by atoms with Crippen LogP contribution in [0.3, 0.4) is 0 Å². The first-order valence-corrected chi connectivity index (χ1v) is 14.3. The average molecular weight is 564 g/mol. The predicted molar refractivity (Wildman–Crippen MR) is 136 cm³/mol. The Labute approximate surface area is 219 Å². The van der Waals surface area contributed by atoms with E-state index in [1.807, 2.05) is 0 Å². The third-order valence-electron chi connectivity index (χ3n) is 5.38. The molecule has 0 fully saturated rings. The number of aromatic carboxylic acids is 1. The number of nitrogens with zero attached hydrogens (tertiary/aromatic N) is 1. The highest BCUT2D eigenvalue weighted by atomic mass is 32.2. The summed E-state index contributed by atoms with van der Waals surface area (Å²) in [5, 5.41) is 18.4. The Morgan fingerprint density at radius 1 is 0.842 bits per heavy atom. The van der Waals surface area contributed by atoms with Crippen LogP contribution in [0.1, 0.15) is 21.5 Å². The number of methoxy groups -OCH3 is 1. The summed E-state index contributed by atoms with van der Waals surface area (Å²) in [5.74, 6) is -2.75. The van der Waals surface area contributed by atoms with Crippen LogP contribution in [0.2, 0.25) is 0 Å². The van der Waals surface area contributed by atoms with Gasteiger partial charge in [-0.3, -0.25) is 0 Å². The summed E-state index contributed by atoms with van der Waals surface area (Å²) in [6.45, 7) is -1.20. The number of aliphatic carboxylic acids is 1. The first-order chi connectivity index (χ1) is 17.8. The number of carboxylic acids is 2. The monoisotopic (exact) mass is 563 g/mol. The number of hydrogen-bond acceptors (Lipinski definition) is 8. The van der Waals surface area contributed by atoms with Gasteiger partial charge >= 0.3 is 11.9 Å². The molecule has 0 aliphatic carbocycles. The maximum absolute atomic E-state index is 13.8. The lowest BCUT2D eigenvalue weighted by Gasteiger charge is -2.24. The number of sulfone groups is 1. The molecule has 0 saturated heterocycles. The molecular formula is C25H25NO10S2. The number of benzene rings is 3. The fraction of sp³-hybridized carbons (Fsp3) is 0.200. The highest BCUT2D eigenvalue weighted by molar-refractivity contribution is 7.90. The first-order valence-electron chi connectivity index (χ1n) is 11.0. The number of para-hydroxylation sites is 1. The van der Waals surface area contributed by atoms with Gasteiger partial charge in [0.25, 0.3) is 0 Å². The molecule has 202 valence electrons. The van der Waals surface area contributed by atoms with Gasteiger partial charge in [0.05, 0.1) is 12.0 Å². The quantitative estimate of drug-likeness (QED) is 0.335. The molecule has 3 aromatic rings. The zero-order valence-corrected chi connectivity index (χ0v) is 22.0. The van der Waals surface area contributed by atoms with Gasteiger partial charge in [-0.15, -0.1) is 0 Å². The van der Waals surface area contributed by atoms with E-state index >= 15 is 0 Å². The summed E-state index contributed by atoms with van der Waals surface area (Å²) in [7, 11) is -6.34. The molecule has 2 N–H and O–H groups in total. The van der Waals surface area contributed by atoms with Gasteiger partial charge in [-0.05, 0) is 47.5 Å². The average Bonchev–Trinajstić information content (AvgIpc) is 2.87. The van der Waals surface area contributed by atoms with Gasteiger partial charge in [0.15, 0.2) is 16.4 Å². The second kappa shape index (κ2) is 11.6. The Balaban J connectivity index is 2.05. The molecule has 0 aliphatic heterocycles. The van der Waals surface area contributed by atoms with Crippen LogP contribution in [-0.2, 0) is 37.7 Å². The first kappa shape index (κ1) is 28.6. The van der Waals surface area contributed by atoms with Crippen LogP contribution in [0.4, 0.5) is 0 Å². The van der Waals surface area contributed by atoms with E-state index in [2.05, 4.69) is 0 Å². The minimum absolute atomic E-state index is 0.0726. The normalized spacial score (nSPS) is 11.8. The van der Waals surface area contributed by atoms with Crippen molar-refractivity contribution < 1.29 is 46.1 Å². The summed E-state index contributed by atoms with van der Waals surface area (Å²) in [6, 6.07) is 15.6. The molecular weight excluding hydrogens is 538 g/mol. The highest BCUT2D eigenvalue weighted by Gasteiger charge is 2.29. The van der Waals surface area contributed by atoms with Crippen LogP contribution in [0.15, 0.2) is 76.5 Å². The van der Waals surface area contributed by atoms with Crippen LogP contribution in [0, 0.1) is 0 Å². The van der Waals surface area contributed by atoms with Crippen LogP contribution in [-0.4, -0.2) is 63.3 Å². The summed E-state index contributed by atoms with van der Waals surface area (Å²) in [5.41, 5.74) is 0.433. The van der Waals surface area contributed by atoms with Gasteiger partial charge < -0.3 is 19.7 Å². The van der Waals surface area contributed by atoms with Crippen molar-refractivity contribution in [2.24, 2.45) is 0 Å². The van der Waals surface area contributed by atoms with E-state index in [1.54, 1.807) is 6.07 Å². The maximum Gasteiger partial charge on any atom is 0.341 e. The van der Waals surface area contributed by atoms with Gasteiger partial charge in [-0.1, -0.05) is 30.3 Å². The maximum atomic E-state index is 13.8. The van der Waals surface area contributed by atoms with E-state index in [4.69, 9.17) is 14.6 Å². The fourth-order valence-corrected chi connectivity index (χ4v) is 5.76. The molecule has 3 aromatic carbocycles. The number of ether oxygens (including phenoxy) is 2. The Hall–Kier alpha value is -3.94. The molecule has 0 heterocycles. The zero-order chi connectivity index (χ0) is 28.1. The van der Waals surface area contributed by atoms with Crippen molar-refractivity contribution in [1.29, 1.82) is 0 Å². The molecule has 13 heteroatoms. The molecule has 0 radical (unpaired) electrons. The minimum atomic E-state index is -4.21. The highest BCUT2D eigenvalue weighted by Crippen LogP contribution is 2.30. The smallest absolute Gasteiger partial charge is 0.341 e. The van der Waals surface area contributed by atoms with Gasteiger partial charge in [0, 0.05) is 19.3 Å². The Morgan fingerprint density at radius 3 is 2.03 bits per heavy atom. The number of carboxylic acid groups (broad SMARTS) is 2. The molecule has 0 atom stereocenters. The van der Waals surface area contributed by atoms with Crippen molar-refractivity contribution in [2.75, 3.05) is 20.0 Å². The van der Waals surface area contributed by atoms with Crippen LogP contribution in [0.5, 0.6) is 11.5 Å². The minimum Gasteiger partial charge on any atom is -0.495 e. The molecule has 0 spiro atoms. The Bertz CT molecular complexity index is 1550. The second-order valence-corrected chi connectivity index (χ2v) is 12.1. The van der Waals surface area contributed by atoms with Crippen molar-refractivity contribution in [3.05, 3.63) is 83.4 Å². The number of rotatable bonds is 12. The third-order valence-corrected chi connectivity index (χ3v) is 8.34. The molecule has 0 aromatic heterocycles. The van der Waals surface area contributed by atoms with Gasteiger partial charge in [-0.25, -0.2) is 26.4 Å². The van der Waals surface area contributed by atoms with Crippen LogP contribution < -0.4 is 9.47 Å². The van der Waals surface area contributed by atoms with Gasteiger partial charge in [0.1, 0.15) is 22.0 Å². The van der Waals surface area contributed by atoms with Crippen molar-refractivity contribution >= 4 is 31.8 Å². The SMILES string of the molecule is COc1ccccc1S(=O)(=O)N(Cc1ccc(S(C)(=O)=O)cc1)Cc1ccc(OCC(=O)O)c(C(=O)O)c1. The van der Waals surface area contributed by atoms with E-state index in [0.717, 1.165) is 10.6 Å². The number of carbonyl (C=O) groups is 2. The Kier molecular flexibility index (Phi) is 8.76. The number of sulfonamides is 1. The standard InChI is InChI=1S/C25H25NO10S2/c1-35-22-5-3-4-6-23(22)38(33,34)26(14-17-7-10-19(11-8-17)37(2,31)32)15-18-9-12-21(36-16-24(27)28)20(13-18)25(29)30/h3-13H,14-16H2,1-2H3,(H,27,28)(H,29,30).